The van der Waals surface area contributed by atoms with Crippen molar-refractivity contribution in [1.82, 2.24) is 71.4 Å². The SMILES string of the molecule is C=C1NC(=O)N(C)C=C1[C@@H]1O[C@H](CCP(=C)(C)C)[C@@H](O)[C@H]1O.C=C1NC(=O)NC=C1[C@@H]1O[C@H](CCP(=C)(C)C)[C@@H](O)[C@H]1O.C=C1NC(=S)N(C)C=C1[C@@H]1O[C@H](CCP(=C)(C)C)[C@@H](O)[C@H]1O.C=P(C)(C)CC[C@H]1O[C@@H](C2=CC(CNCCC)C(=O)NC2=O)[C@H](O)[C@@H]1O.C=P(C)(C)CC[C@H]1O[C@@H](c2cn(CNCCC)c(=O)[nH]c2=O)[C@H](O)[C@@H]1O.C=P(C)(C)CC[C@H]1O[C@@H](c2cn(CNCCS(=O)(=O)O)c(=O)[nH]c2=O)[C@H](O)[C@@H]1O. The van der Waals surface area contributed by atoms with E-state index in [-0.39, 0.29) is 60.7 Å². The predicted molar refractivity (Wildman–Crippen MR) is 591 cm³/mol. The van der Waals surface area contributed by atoms with Crippen molar-refractivity contribution < 1.29 is 122 Å². The van der Waals surface area contributed by atoms with Crippen LogP contribution in [0.25, 0.3) is 0 Å². The maximum absolute atomic E-state index is 12.2. The zero-order valence-corrected chi connectivity index (χ0v) is 93.7. The average Bonchev–Trinajstić information content (AvgIpc) is 1.65. The largest absolute Gasteiger partial charge is 0.388 e. The third kappa shape index (κ3) is 37.9. The van der Waals surface area contributed by atoms with E-state index in [4.69, 9.17) is 45.2 Å². The molecule has 0 saturated carbocycles. The Kier molecular flexibility index (Phi) is 47.3. The van der Waals surface area contributed by atoms with E-state index in [2.05, 4.69) is 177 Å². The second-order valence-electron chi connectivity index (χ2n) is 42.5. The monoisotopic (exact) mass is 2210 g/mol. The molecule has 12 rings (SSSR count). The van der Waals surface area contributed by atoms with Crippen LogP contribution in [0.1, 0.15) is 88.5 Å². The smallest absolute Gasteiger partial charge is 0.329 e. The number of hydrogen-bond donors (Lipinski definition) is 23. The maximum atomic E-state index is 12.2. The normalized spacial score (nSPS) is 30.3. The zero-order valence-electron chi connectivity index (χ0n) is 86.7. The van der Waals surface area contributed by atoms with Gasteiger partial charge in [0.1, 0.15) is 110 Å². The summed E-state index contributed by atoms with van der Waals surface area (Å²) < 4.78 is 67.5. The van der Waals surface area contributed by atoms with Crippen molar-refractivity contribution in [3.63, 3.8) is 0 Å². The molecule has 1 unspecified atom stereocenters. The minimum Gasteiger partial charge on any atom is -0.388 e. The molecule has 828 valence electrons. The van der Waals surface area contributed by atoms with E-state index < -0.39 is 232 Å². The van der Waals surface area contributed by atoms with Gasteiger partial charge in [-0.2, -0.15) is 8.42 Å². The van der Waals surface area contributed by atoms with Crippen LogP contribution in [0.5, 0.6) is 0 Å². The van der Waals surface area contributed by atoms with Gasteiger partial charge in [0.15, 0.2) is 5.11 Å². The molecule has 25 atom stereocenters. The number of aliphatic hydroxyl groups excluding tert-OH is 12. The van der Waals surface area contributed by atoms with Crippen LogP contribution in [-0.2, 0) is 61.5 Å². The summed E-state index contributed by atoms with van der Waals surface area (Å²) in [6.45, 7) is 35.1. The third-order valence-corrected chi connectivity index (χ3v) is 35.2. The summed E-state index contributed by atoms with van der Waals surface area (Å²) in [5.74, 6) is -1.98. The molecule has 23 N–H and O–H groups in total. The van der Waals surface area contributed by atoms with Crippen molar-refractivity contribution in [1.29, 1.82) is 0 Å². The van der Waals surface area contributed by atoms with Crippen LogP contribution >= 0.6 is 53.5 Å². The number of aromatic nitrogens is 4. The zero-order chi connectivity index (χ0) is 110. The number of thiocarbonyl (C=S) groups is 1. The van der Waals surface area contributed by atoms with Gasteiger partial charge in [-0.25, -0.2) is 19.2 Å². The molecule has 0 aliphatic carbocycles. The highest BCUT2D eigenvalue weighted by Gasteiger charge is 2.52. The maximum Gasteiger partial charge on any atom is 0.329 e. The van der Waals surface area contributed by atoms with Gasteiger partial charge in [-0.1, -0.05) is 39.7 Å². The topological polar surface area (TPSA) is 633 Å². The Morgan fingerprint density at radius 2 is 0.705 bits per heavy atom. The molecule has 2 aromatic rings. The number of ether oxygens (including phenoxy) is 6. The number of nitrogens with zero attached hydrogens (tertiary/aromatic N) is 4. The number of amides is 6. The van der Waals surface area contributed by atoms with Crippen molar-refractivity contribution in [2.45, 2.75) is 225 Å². The molecule has 0 radical (unpaired) electrons. The Labute approximate surface area is 861 Å². The van der Waals surface area contributed by atoms with Crippen molar-refractivity contribution in [3.05, 3.63) is 149 Å². The molecule has 146 heavy (non-hydrogen) atoms. The Morgan fingerprint density at radius 1 is 0.404 bits per heavy atom. The quantitative estimate of drug-likeness (QED) is 0.0133. The van der Waals surface area contributed by atoms with Crippen molar-refractivity contribution >= 4 is 130 Å². The van der Waals surface area contributed by atoms with Crippen LogP contribution < -0.4 is 65.0 Å². The summed E-state index contributed by atoms with van der Waals surface area (Å²) in [4.78, 5) is 103. The number of carbonyl (C=O) groups is 4. The number of imide groups is 1. The lowest BCUT2D eigenvalue weighted by molar-refractivity contribution is -0.132. The average molecular weight is 2210 g/mol. The third-order valence-electron chi connectivity index (χ3n) is 25.2. The molecule has 51 heteroatoms. The Morgan fingerprint density at radius 3 is 1.04 bits per heavy atom. The molecular weight excluding hydrogens is 2050 g/mol. The van der Waals surface area contributed by atoms with Gasteiger partial charge in [0.05, 0.1) is 72.8 Å². The number of rotatable bonds is 37. The van der Waals surface area contributed by atoms with Gasteiger partial charge in [0, 0.05) is 97.6 Å². The molecule has 12 heterocycles. The van der Waals surface area contributed by atoms with Gasteiger partial charge in [0.25, 0.3) is 27.1 Å². The molecule has 43 nitrogen and oxygen atoms in total. The summed E-state index contributed by atoms with van der Waals surface area (Å²) in [6.07, 6.45) is 23.4. The first kappa shape index (κ1) is 127. The summed E-state index contributed by atoms with van der Waals surface area (Å²) in [6, 6.07) is -0.668. The van der Waals surface area contributed by atoms with E-state index in [9.17, 15) is 108 Å². The molecule has 10 aliphatic heterocycles. The lowest BCUT2D eigenvalue weighted by atomic mass is 9.93. The van der Waals surface area contributed by atoms with E-state index in [0.29, 0.717) is 84.0 Å². The Balaban J connectivity index is 0.000000238. The highest BCUT2D eigenvalue weighted by molar-refractivity contribution is 7.85. The van der Waals surface area contributed by atoms with Crippen molar-refractivity contribution in [2.75, 3.05) is 163 Å². The second-order valence-corrected chi connectivity index (χ2v) is 70.4. The van der Waals surface area contributed by atoms with E-state index in [1.165, 1.54) is 28.1 Å². The fraction of sp³-hybridized carbons (Fsp3) is 0.653. The van der Waals surface area contributed by atoms with Crippen LogP contribution in [-0.4, -0.2) is 467 Å². The number of nitrogens with one attached hydrogen (secondary N) is 10. The highest BCUT2D eigenvalue weighted by atomic mass is 32.2. The molecule has 0 aromatic carbocycles. The number of aromatic amines is 2. The molecule has 6 fully saturated rings. The molecule has 0 bridgehead atoms. The first-order valence-electron chi connectivity index (χ1n) is 48.3. The van der Waals surface area contributed by atoms with Gasteiger partial charge in [-0.3, -0.25) is 58.8 Å². The van der Waals surface area contributed by atoms with Crippen molar-refractivity contribution in [3.8, 4) is 0 Å². The summed E-state index contributed by atoms with van der Waals surface area (Å²) in [7, 11) is -0.727. The van der Waals surface area contributed by atoms with E-state index in [1.54, 1.807) is 30.4 Å². The first-order chi connectivity index (χ1) is 67.4. The lowest BCUT2D eigenvalue weighted by Gasteiger charge is -2.30. The Bertz CT molecular complexity index is 5660. The van der Waals surface area contributed by atoms with Crippen LogP contribution in [0.15, 0.2) is 115 Å². The minimum absolute atomic E-state index is 0.0288. The van der Waals surface area contributed by atoms with Gasteiger partial charge >= 0.3 is 23.4 Å². The highest BCUT2D eigenvalue weighted by Crippen LogP contribution is 2.47. The van der Waals surface area contributed by atoms with Gasteiger partial charge in [0.2, 0.25) is 5.91 Å². The molecular formula is C95H162N14O29P6S2. The molecule has 2 aromatic heterocycles. The summed E-state index contributed by atoms with van der Waals surface area (Å²) in [5.41, 5.74) is 0.915. The number of carbonyl (C=O) groups excluding carboxylic acids is 4. The van der Waals surface area contributed by atoms with Crippen molar-refractivity contribution in [2.24, 2.45) is 5.92 Å². The molecule has 0 spiro atoms. The van der Waals surface area contributed by atoms with E-state index in [0.717, 1.165) is 67.5 Å². The van der Waals surface area contributed by atoms with E-state index in [1.807, 2.05) is 34.2 Å². The fourth-order valence-electron chi connectivity index (χ4n) is 16.7. The molecule has 6 amide bonds. The second kappa shape index (κ2) is 54.5. The van der Waals surface area contributed by atoms with Crippen LogP contribution in [0.4, 0.5) is 9.59 Å². The van der Waals surface area contributed by atoms with Gasteiger partial charge in [-0.05, 0) is 194 Å². The fourth-order valence-corrected chi connectivity index (χ4v) is 23.0. The molecule has 6 saturated heterocycles. The molecule has 10 aliphatic rings. The standard InChI is InChI=1S/C18H31N2O5P.C17H30N3O5P.C16H28N3O8PS.C15H25N2O4P.C15H25N2O3PS.C14H23N2O4P/c1-5-7-19-10-11-9-12(18(24)20-17(11)23)16-15(22)14(21)13(25-16)6-8-26(2,3)4;1-5-7-18-10-20-9-11(16(23)19-17(20)24)15-14(22)13(21)12(25-15)6-8-26(2,3)4;1-28(2,3)6-4-11-12(20)13(21)14(27-11)10-8-19(16(23)18-15(10)22)9-17-5-7-29(24,25)26;1-9-10(8-17(2)15(20)16-9)14-13(19)12(18)11(21-14)6-7-22(3,4)5;1-9-10(8-17(2)15(22)16-9)14-13(19)12(18)11(20-14)6-7-21(3,4)5;1-8-9(7-15-14(19)16-8)13-12(18)11(17)10(20-13)5-6-21(2,3)4/h9,11,13-16,19,21-22H,2,5-8,10H2,1,3-4H3,(H,20,23,24);9,12-15,18,21-22H,2,5-8,10H2,1,3-4H3,(H,19,23,24);8,11-14,17,20-21H,1,4-7,9H2,2-3H3,(H,18,22,23)(H,24,25,26);8,11-14,18-19H,1,3,6-7H2,2,4-5H3,(H,16,20);8,11-14,18-19H,1,3,6-7H2,2,4-5H3,(H,16,22);7,10-13,17-18H,1-2,5-6H2,3-4H3,(H2,15,16,19)/t11?,13-,14-,15-,16+;12-,13-,14-,15+;3*11-,12-,13-,14+;10-,11-,12-,13+/m111111/s1. The van der Waals surface area contributed by atoms with Crippen LogP contribution in [0.3, 0.4) is 0 Å². The Hall–Kier alpha value is -6.22. The van der Waals surface area contributed by atoms with Crippen LogP contribution in [0, 0.1) is 5.92 Å². The number of H-pyrrole nitrogens is 2. The number of aliphatic hydroxyl groups is 12. The first-order valence-corrected chi connectivity index (χ1v) is 68.6. The predicted octanol–water partition coefficient (Wildman–Crippen LogP) is -0.534. The van der Waals surface area contributed by atoms with Gasteiger partial charge in [-0.15, -0.1) is 79.1 Å². The van der Waals surface area contributed by atoms with E-state index >= 15 is 0 Å². The van der Waals surface area contributed by atoms with Gasteiger partial charge < -0.3 is 126 Å². The summed E-state index contributed by atoms with van der Waals surface area (Å²) >= 11 is 5.14. The number of hydrogen-bond acceptors (Lipinski definition) is 32. The summed E-state index contributed by atoms with van der Waals surface area (Å²) in [5, 5.41) is 146. The lowest BCUT2D eigenvalue weighted by Crippen LogP contribution is -2.47. The van der Waals surface area contributed by atoms with Crippen LogP contribution in [0.2, 0.25) is 0 Å². The minimum atomic E-state index is -4.14. The number of urea groups is 2.